The fourth-order valence-corrected chi connectivity index (χ4v) is 3.29. The third-order valence-corrected chi connectivity index (χ3v) is 4.74. The number of hydrogen-bond donors (Lipinski definition) is 1. The van der Waals surface area contributed by atoms with Gasteiger partial charge < -0.3 is 19.7 Å². The summed E-state index contributed by atoms with van der Waals surface area (Å²) in [7, 11) is 2.20. The summed E-state index contributed by atoms with van der Waals surface area (Å²) in [5.74, 6) is 1.45. The number of halogens is 1. The van der Waals surface area contributed by atoms with Crippen LogP contribution in [0, 0.1) is 0 Å². The van der Waals surface area contributed by atoms with Gasteiger partial charge in [-0.2, -0.15) is 0 Å². The third-order valence-electron chi connectivity index (χ3n) is 4.46. The molecule has 5 heteroatoms. The van der Waals surface area contributed by atoms with Crippen molar-refractivity contribution in [1.29, 1.82) is 0 Å². The molecule has 2 atom stereocenters. The van der Waals surface area contributed by atoms with Gasteiger partial charge in [-0.3, -0.25) is 0 Å². The Morgan fingerprint density at radius 2 is 2.14 bits per heavy atom. The molecule has 2 heterocycles. The van der Waals surface area contributed by atoms with E-state index in [1.807, 2.05) is 12.1 Å². The Kier molecular flexibility index (Phi) is 4.57. The predicted octanol–water partition coefficient (Wildman–Crippen LogP) is 2.68. The van der Waals surface area contributed by atoms with Gasteiger partial charge >= 0.3 is 0 Å². The number of nitrogens with one attached hydrogen (secondary N) is 1. The molecule has 2 aliphatic rings. The second kappa shape index (κ2) is 6.42. The molecule has 0 spiro atoms. The Morgan fingerprint density at radius 1 is 1.33 bits per heavy atom. The lowest BCUT2D eigenvalue weighted by Gasteiger charge is -2.35. The van der Waals surface area contributed by atoms with Crippen molar-refractivity contribution >= 4 is 11.6 Å². The summed E-state index contributed by atoms with van der Waals surface area (Å²) in [6, 6.07) is 5.22. The van der Waals surface area contributed by atoms with Gasteiger partial charge in [0, 0.05) is 18.6 Å². The molecule has 0 amide bonds. The first kappa shape index (κ1) is 14.9. The zero-order valence-electron chi connectivity index (χ0n) is 12.7. The second-order valence-corrected chi connectivity index (χ2v) is 6.44. The van der Waals surface area contributed by atoms with E-state index in [1.54, 1.807) is 0 Å². The normalized spacial score (nSPS) is 25.9. The SMILES string of the molecule is CC1CC(NCc2cc(Cl)c3c(c2)OCCO3)CCN1C. The van der Waals surface area contributed by atoms with Crippen LogP contribution in [0.3, 0.4) is 0 Å². The second-order valence-electron chi connectivity index (χ2n) is 6.03. The summed E-state index contributed by atoms with van der Waals surface area (Å²) in [5.41, 5.74) is 1.15. The van der Waals surface area contributed by atoms with E-state index < -0.39 is 0 Å². The van der Waals surface area contributed by atoms with Crippen LogP contribution in [0.4, 0.5) is 0 Å². The van der Waals surface area contributed by atoms with Crippen molar-refractivity contribution in [2.45, 2.75) is 38.4 Å². The van der Waals surface area contributed by atoms with Crippen molar-refractivity contribution in [3.63, 3.8) is 0 Å². The van der Waals surface area contributed by atoms with Crippen LogP contribution in [0.5, 0.6) is 11.5 Å². The molecular weight excluding hydrogens is 288 g/mol. The van der Waals surface area contributed by atoms with Gasteiger partial charge in [-0.05, 0) is 51.1 Å². The molecule has 3 rings (SSSR count). The summed E-state index contributed by atoms with van der Waals surface area (Å²) in [6.07, 6.45) is 2.38. The molecule has 0 bridgehead atoms. The molecule has 2 aliphatic heterocycles. The minimum absolute atomic E-state index is 0.567. The molecule has 4 nitrogen and oxygen atoms in total. The third kappa shape index (κ3) is 3.44. The zero-order valence-corrected chi connectivity index (χ0v) is 13.4. The minimum Gasteiger partial charge on any atom is -0.486 e. The minimum atomic E-state index is 0.567. The van der Waals surface area contributed by atoms with E-state index in [1.165, 1.54) is 12.8 Å². The summed E-state index contributed by atoms with van der Waals surface area (Å²) in [6.45, 7) is 5.41. The number of nitrogens with zero attached hydrogens (tertiary/aromatic N) is 1. The lowest BCUT2D eigenvalue weighted by atomic mass is 9.98. The average molecular weight is 311 g/mol. The maximum atomic E-state index is 6.27. The molecule has 0 aromatic heterocycles. The molecule has 1 saturated heterocycles. The van der Waals surface area contributed by atoms with Gasteiger partial charge in [0.2, 0.25) is 0 Å². The Hall–Kier alpha value is -0.970. The predicted molar refractivity (Wildman–Crippen MR) is 84.4 cm³/mol. The maximum Gasteiger partial charge on any atom is 0.179 e. The number of likely N-dealkylation sites (tertiary alicyclic amines) is 1. The van der Waals surface area contributed by atoms with Gasteiger partial charge in [-0.25, -0.2) is 0 Å². The number of fused-ring (bicyclic) bond motifs is 1. The quantitative estimate of drug-likeness (QED) is 0.930. The molecule has 1 aromatic rings. The first-order valence-electron chi connectivity index (χ1n) is 7.65. The fraction of sp³-hybridized carbons (Fsp3) is 0.625. The standard InChI is InChI=1S/C16H23ClN2O2/c1-11-7-13(3-4-19(11)2)18-10-12-8-14(17)16-15(9-12)20-5-6-21-16/h8-9,11,13,18H,3-7,10H2,1-2H3. The highest BCUT2D eigenvalue weighted by Gasteiger charge is 2.22. The fourth-order valence-electron chi connectivity index (χ4n) is 3.00. The first-order chi connectivity index (χ1) is 10.1. The summed E-state index contributed by atoms with van der Waals surface area (Å²) in [5, 5.41) is 4.28. The van der Waals surface area contributed by atoms with E-state index in [2.05, 4.69) is 24.2 Å². The van der Waals surface area contributed by atoms with Crippen LogP contribution in [-0.2, 0) is 6.54 Å². The Balaban J connectivity index is 1.62. The van der Waals surface area contributed by atoms with Crippen LogP contribution >= 0.6 is 11.6 Å². The van der Waals surface area contributed by atoms with Crippen molar-refractivity contribution in [2.24, 2.45) is 0 Å². The Labute approximate surface area is 131 Å². The highest BCUT2D eigenvalue weighted by molar-refractivity contribution is 6.32. The Morgan fingerprint density at radius 3 is 2.95 bits per heavy atom. The van der Waals surface area contributed by atoms with Gasteiger partial charge in [-0.1, -0.05) is 11.6 Å². The highest BCUT2D eigenvalue weighted by atomic mass is 35.5. The van der Waals surface area contributed by atoms with E-state index in [9.17, 15) is 0 Å². The molecule has 1 N–H and O–H groups in total. The summed E-state index contributed by atoms with van der Waals surface area (Å²) >= 11 is 6.27. The monoisotopic (exact) mass is 310 g/mol. The van der Waals surface area contributed by atoms with Crippen LogP contribution < -0.4 is 14.8 Å². The van der Waals surface area contributed by atoms with Gasteiger partial charge in [0.15, 0.2) is 11.5 Å². The van der Waals surface area contributed by atoms with E-state index in [4.69, 9.17) is 21.1 Å². The van der Waals surface area contributed by atoms with Crippen molar-refractivity contribution < 1.29 is 9.47 Å². The molecule has 0 aliphatic carbocycles. The number of hydrogen-bond acceptors (Lipinski definition) is 4. The lowest BCUT2D eigenvalue weighted by Crippen LogP contribution is -2.45. The van der Waals surface area contributed by atoms with E-state index >= 15 is 0 Å². The van der Waals surface area contributed by atoms with E-state index in [0.717, 1.165) is 24.4 Å². The van der Waals surface area contributed by atoms with Gasteiger partial charge in [0.1, 0.15) is 13.2 Å². The topological polar surface area (TPSA) is 33.7 Å². The van der Waals surface area contributed by atoms with Gasteiger partial charge in [0.25, 0.3) is 0 Å². The molecular formula is C16H23ClN2O2. The number of piperidine rings is 1. The summed E-state index contributed by atoms with van der Waals surface area (Å²) in [4.78, 5) is 2.42. The lowest BCUT2D eigenvalue weighted by molar-refractivity contribution is 0.167. The molecule has 0 radical (unpaired) electrons. The van der Waals surface area contributed by atoms with Crippen LogP contribution in [0.25, 0.3) is 0 Å². The van der Waals surface area contributed by atoms with E-state index in [-0.39, 0.29) is 0 Å². The highest BCUT2D eigenvalue weighted by Crippen LogP contribution is 2.38. The molecule has 1 fully saturated rings. The van der Waals surface area contributed by atoms with Crippen molar-refractivity contribution in [3.8, 4) is 11.5 Å². The van der Waals surface area contributed by atoms with Gasteiger partial charge in [-0.15, -0.1) is 0 Å². The Bertz CT molecular complexity index is 509. The van der Waals surface area contributed by atoms with Crippen LogP contribution in [-0.4, -0.2) is 43.8 Å². The molecule has 21 heavy (non-hydrogen) atoms. The number of benzene rings is 1. The van der Waals surface area contributed by atoms with Gasteiger partial charge in [0.05, 0.1) is 5.02 Å². The number of ether oxygens (including phenoxy) is 2. The van der Waals surface area contributed by atoms with Crippen LogP contribution in [0.1, 0.15) is 25.3 Å². The molecule has 1 aromatic carbocycles. The van der Waals surface area contributed by atoms with Crippen molar-refractivity contribution in [2.75, 3.05) is 26.8 Å². The molecule has 2 unspecified atom stereocenters. The average Bonchev–Trinajstić information content (AvgIpc) is 2.49. The molecule has 116 valence electrons. The number of rotatable bonds is 3. The maximum absolute atomic E-state index is 6.27. The van der Waals surface area contributed by atoms with Crippen molar-refractivity contribution in [3.05, 3.63) is 22.7 Å². The zero-order chi connectivity index (χ0) is 14.8. The summed E-state index contributed by atoms with van der Waals surface area (Å²) < 4.78 is 11.2. The first-order valence-corrected chi connectivity index (χ1v) is 8.03. The van der Waals surface area contributed by atoms with Crippen LogP contribution in [0.15, 0.2) is 12.1 Å². The largest absolute Gasteiger partial charge is 0.486 e. The smallest absolute Gasteiger partial charge is 0.179 e. The molecule has 0 saturated carbocycles. The van der Waals surface area contributed by atoms with Crippen LogP contribution in [0.2, 0.25) is 5.02 Å². The van der Waals surface area contributed by atoms with E-state index in [0.29, 0.717) is 36.1 Å². The van der Waals surface area contributed by atoms with Crippen molar-refractivity contribution in [1.82, 2.24) is 10.2 Å².